The highest BCUT2D eigenvalue weighted by molar-refractivity contribution is 5.02. The minimum Gasteiger partial charge on any atom is -0.311 e. The summed E-state index contributed by atoms with van der Waals surface area (Å²) in [6.45, 7) is 2.58. The number of hydrogen-bond donors (Lipinski definition) is 1. The van der Waals surface area contributed by atoms with Crippen LogP contribution in [0.4, 0.5) is 0 Å². The van der Waals surface area contributed by atoms with Crippen molar-refractivity contribution in [2.45, 2.75) is 44.2 Å². The van der Waals surface area contributed by atoms with Crippen LogP contribution in [0.1, 0.15) is 32.1 Å². The zero-order chi connectivity index (χ0) is 9.54. The van der Waals surface area contributed by atoms with Gasteiger partial charge in [-0.25, -0.2) is 0 Å². The number of rotatable bonds is 3. The second-order valence-corrected chi connectivity index (χ2v) is 5.59. The Morgan fingerprint density at radius 3 is 2.43 bits per heavy atom. The molecule has 1 aliphatic heterocycles. The molecule has 0 aromatic rings. The Balaban J connectivity index is 1.40. The highest BCUT2D eigenvalue weighted by Crippen LogP contribution is 2.50. The van der Waals surface area contributed by atoms with Gasteiger partial charge in [0.15, 0.2) is 0 Å². The molecule has 0 bridgehead atoms. The maximum absolute atomic E-state index is 3.86. The van der Waals surface area contributed by atoms with Crippen molar-refractivity contribution in [2.24, 2.45) is 11.8 Å². The Hall–Kier alpha value is -0.0800. The van der Waals surface area contributed by atoms with Gasteiger partial charge in [-0.3, -0.25) is 0 Å². The van der Waals surface area contributed by atoms with E-state index in [9.17, 15) is 0 Å². The molecular weight excluding hydrogens is 172 g/mol. The summed E-state index contributed by atoms with van der Waals surface area (Å²) in [7, 11) is 2.24. The Morgan fingerprint density at radius 2 is 1.79 bits per heavy atom. The van der Waals surface area contributed by atoms with Crippen molar-refractivity contribution in [3.63, 3.8) is 0 Å². The number of likely N-dealkylation sites (tertiary alicyclic amines) is 1. The fraction of sp³-hybridized carbons (Fsp3) is 1.00. The van der Waals surface area contributed by atoms with Crippen LogP contribution in [0.3, 0.4) is 0 Å². The Morgan fingerprint density at radius 1 is 1.07 bits per heavy atom. The zero-order valence-corrected chi connectivity index (χ0v) is 9.21. The van der Waals surface area contributed by atoms with Crippen LogP contribution < -0.4 is 5.32 Å². The van der Waals surface area contributed by atoms with E-state index in [2.05, 4.69) is 17.3 Å². The number of piperidine rings is 1. The summed E-state index contributed by atoms with van der Waals surface area (Å²) < 4.78 is 0. The van der Waals surface area contributed by atoms with Gasteiger partial charge in [0.2, 0.25) is 0 Å². The van der Waals surface area contributed by atoms with E-state index in [4.69, 9.17) is 0 Å². The van der Waals surface area contributed by atoms with E-state index >= 15 is 0 Å². The summed E-state index contributed by atoms with van der Waals surface area (Å²) in [5.74, 6) is 2.20. The average molecular weight is 194 g/mol. The lowest BCUT2D eigenvalue weighted by Crippen LogP contribution is -2.42. The van der Waals surface area contributed by atoms with Crippen LogP contribution in [-0.4, -0.2) is 37.1 Å². The van der Waals surface area contributed by atoms with Crippen molar-refractivity contribution < 1.29 is 0 Å². The molecule has 3 aliphatic rings. The highest BCUT2D eigenvalue weighted by Gasteiger charge is 2.47. The summed E-state index contributed by atoms with van der Waals surface area (Å²) in [4.78, 5) is 2.45. The van der Waals surface area contributed by atoms with Crippen molar-refractivity contribution in [3.05, 3.63) is 0 Å². The standard InChI is InChI=1S/C12H22N2/c1-14-6-4-10(5-7-14)13-12-8-11(12)9-2-3-9/h9-13H,2-8H2,1H3. The molecule has 0 radical (unpaired) electrons. The van der Waals surface area contributed by atoms with Gasteiger partial charge in [0, 0.05) is 12.1 Å². The fourth-order valence-electron chi connectivity index (χ4n) is 2.93. The third kappa shape index (κ3) is 1.96. The van der Waals surface area contributed by atoms with Gasteiger partial charge in [0.05, 0.1) is 0 Å². The molecule has 0 aromatic carbocycles. The monoisotopic (exact) mass is 194 g/mol. The second-order valence-electron chi connectivity index (χ2n) is 5.59. The molecule has 2 unspecified atom stereocenters. The maximum atomic E-state index is 3.86. The van der Waals surface area contributed by atoms with Crippen LogP contribution >= 0.6 is 0 Å². The third-order valence-electron chi connectivity index (χ3n) is 4.24. The van der Waals surface area contributed by atoms with Gasteiger partial charge in [-0.2, -0.15) is 0 Å². The lowest BCUT2D eigenvalue weighted by Gasteiger charge is -2.29. The average Bonchev–Trinajstić information content (AvgIpc) is 2.99. The molecule has 80 valence electrons. The SMILES string of the molecule is CN1CCC(NC2CC2C2CC2)CC1. The van der Waals surface area contributed by atoms with Crippen LogP contribution in [0, 0.1) is 11.8 Å². The maximum Gasteiger partial charge on any atom is 0.0104 e. The molecule has 0 aromatic heterocycles. The van der Waals surface area contributed by atoms with Gasteiger partial charge in [-0.05, 0) is 64.1 Å². The largest absolute Gasteiger partial charge is 0.311 e. The van der Waals surface area contributed by atoms with Crippen molar-refractivity contribution in [1.29, 1.82) is 0 Å². The molecule has 1 N–H and O–H groups in total. The molecule has 3 fully saturated rings. The normalized spacial score (nSPS) is 40.1. The Bertz CT molecular complexity index is 204. The van der Waals surface area contributed by atoms with E-state index in [0.29, 0.717) is 0 Å². The first kappa shape index (κ1) is 9.17. The molecule has 2 heteroatoms. The molecular formula is C12H22N2. The van der Waals surface area contributed by atoms with Crippen LogP contribution in [0.5, 0.6) is 0 Å². The molecule has 2 aliphatic carbocycles. The molecule has 1 heterocycles. The molecule has 2 nitrogen and oxygen atoms in total. The lowest BCUT2D eigenvalue weighted by atomic mass is 10.1. The first-order chi connectivity index (χ1) is 6.83. The van der Waals surface area contributed by atoms with E-state index in [1.165, 1.54) is 45.2 Å². The summed E-state index contributed by atoms with van der Waals surface area (Å²) in [5.41, 5.74) is 0. The summed E-state index contributed by atoms with van der Waals surface area (Å²) in [6.07, 6.45) is 7.26. The van der Waals surface area contributed by atoms with Crippen LogP contribution in [0.2, 0.25) is 0 Å². The first-order valence-electron chi connectivity index (χ1n) is 6.27. The number of nitrogens with one attached hydrogen (secondary N) is 1. The summed E-state index contributed by atoms with van der Waals surface area (Å²) >= 11 is 0. The minimum absolute atomic E-state index is 0.833. The van der Waals surface area contributed by atoms with Gasteiger partial charge in [-0.15, -0.1) is 0 Å². The summed E-state index contributed by atoms with van der Waals surface area (Å²) in [5, 5.41) is 3.86. The van der Waals surface area contributed by atoms with E-state index in [1.807, 2.05) is 0 Å². The quantitative estimate of drug-likeness (QED) is 0.732. The third-order valence-corrected chi connectivity index (χ3v) is 4.24. The smallest absolute Gasteiger partial charge is 0.0104 e. The highest BCUT2D eigenvalue weighted by atomic mass is 15.1. The van der Waals surface area contributed by atoms with E-state index in [1.54, 1.807) is 0 Å². The number of hydrogen-bond acceptors (Lipinski definition) is 2. The minimum atomic E-state index is 0.833. The molecule has 0 amide bonds. The first-order valence-corrected chi connectivity index (χ1v) is 6.27. The fourth-order valence-corrected chi connectivity index (χ4v) is 2.93. The van der Waals surface area contributed by atoms with Crippen molar-refractivity contribution in [3.8, 4) is 0 Å². The number of nitrogens with zero attached hydrogens (tertiary/aromatic N) is 1. The summed E-state index contributed by atoms with van der Waals surface area (Å²) in [6, 6.07) is 1.75. The van der Waals surface area contributed by atoms with E-state index in [0.717, 1.165) is 23.9 Å². The van der Waals surface area contributed by atoms with Gasteiger partial charge in [0.1, 0.15) is 0 Å². The Labute approximate surface area is 87.0 Å². The predicted octanol–water partition coefficient (Wildman–Crippen LogP) is 1.47. The Kier molecular flexibility index (Phi) is 2.29. The topological polar surface area (TPSA) is 15.3 Å². The van der Waals surface area contributed by atoms with Gasteiger partial charge >= 0.3 is 0 Å². The van der Waals surface area contributed by atoms with Gasteiger partial charge in [-0.1, -0.05) is 0 Å². The molecule has 2 saturated carbocycles. The van der Waals surface area contributed by atoms with Crippen molar-refractivity contribution in [1.82, 2.24) is 10.2 Å². The molecule has 2 atom stereocenters. The molecule has 1 saturated heterocycles. The molecule has 0 spiro atoms. The van der Waals surface area contributed by atoms with Crippen LogP contribution in [-0.2, 0) is 0 Å². The van der Waals surface area contributed by atoms with Crippen LogP contribution in [0.25, 0.3) is 0 Å². The molecule has 14 heavy (non-hydrogen) atoms. The van der Waals surface area contributed by atoms with Gasteiger partial charge < -0.3 is 10.2 Å². The van der Waals surface area contributed by atoms with E-state index < -0.39 is 0 Å². The predicted molar refractivity (Wildman–Crippen MR) is 58.3 cm³/mol. The van der Waals surface area contributed by atoms with Crippen molar-refractivity contribution >= 4 is 0 Å². The molecule has 3 rings (SSSR count). The van der Waals surface area contributed by atoms with Gasteiger partial charge in [0.25, 0.3) is 0 Å². The lowest BCUT2D eigenvalue weighted by molar-refractivity contribution is 0.232. The van der Waals surface area contributed by atoms with Crippen LogP contribution in [0.15, 0.2) is 0 Å². The zero-order valence-electron chi connectivity index (χ0n) is 9.21. The second kappa shape index (κ2) is 3.49. The van der Waals surface area contributed by atoms with E-state index in [-0.39, 0.29) is 0 Å². The van der Waals surface area contributed by atoms with Crippen molar-refractivity contribution in [2.75, 3.05) is 20.1 Å².